The molecule has 0 fully saturated rings. The van der Waals surface area contributed by atoms with Gasteiger partial charge in [-0.2, -0.15) is 0 Å². The highest BCUT2D eigenvalue weighted by atomic mass is 79.9. The molecule has 21 heavy (non-hydrogen) atoms. The molecule has 0 saturated heterocycles. The SMILES string of the molecule is CCCCc1ccccc1-c1cc(Br)cc2c1C=C(C)C2. The molecule has 0 nitrogen and oxygen atoms in total. The Morgan fingerprint density at radius 1 is 1.10 bits per heavy atom. The Morgan fingerprint density at radius 2 is 1.90 bits per heavy atom. The number of hydrogen-bond acceptors (Lipinski definition) is 0. The van der Waals surface area contributed by atoms with Gasteiger partial charge in [0.05, 0.1) is 0 Å². The van der Waals surface area contributed by atoms with Crippen molar-refractivity contribution in [1.82, 2.24) is 0 Å². The summed E-state index contributed by atoms with van der Waals surface area (Å²) in [6.07, 6.45) is 7.09. The topological polar surface area (TPSA) is 0 Å². The van der Waals surface area contributed by atoms with Crippen LogP contribution in [0.15, 0.2) is 46.4 Å². The molecule has 1 aliphatic rings. The lowest BCUT2D eigenvalue weighted by molar-refractivity contribution is 0.796. The van der Waals surface area contributed by atoms with Crippen molar-refractivity contribution in [2.24, 2.45) is 0 Å². The number of aryl methyl sites for hydroxylation is 1. The highest BCUT2D eigenvalue weighted by Gasteiger charge is 2.17. The maximum Gasteiger partial charge on any atom is 0.0184 e. The van der Waals surface area contributed by atoms with Gasteiger partial charge in [0.15, 0.2) is 0 Å². The summed E-state index contributed by atoms with van der Waals surface area (Å²) < 4.78 is 1.18. The molecule has 2 aromatic rings. The van der Waals surface area contributed by atoms with E-state index in [0.717, 1.165) is 12.8 Å². The normalized spacial score (nSPS) is 13.2. The Balaban J connectivity index is 2.13. The van der Waals surface area contributed by atoms with Gasteiger partial charge in [-0.05, 0) is 66.1 Å². The fourth-order valence-corrected chi connectivity index (χ4v) is 3.69. The Kier molecular flexibility index (Phi) is 4.30. The molecule has 0 N–H and O–H groups in total. The summed E-state index contributed by atoms with van der Waals surface area (Å²) in [6, 6.07) is 13.4. The van der Waals surface area contributed by atoms with E-state index in [1.807, 2.05) is 0 Å². The lowest BCUT2D eigenvalue weighted by Gasteiger charge is -2.14. The second-order valence-corrected chi connectivity index (χ2v) is 6.87. The molecule has 3 rings (SSSR count). The van der Waals surface area contributed by atoms with Gasteiger partial charge >= 0.3 is 0 Å². The summed E-state index contributed by atoms with van der Waals surface area (Å²) in [6.45, 7) is 4.48. The van der Waals surface area contributed by atoms with Crippen LogP contribution in [-0.2, 0) is 12.8 Å². The molecule has 1 heteroatoms. The molecule has 0 unspecified atom stereocenters. The number of rotatable bonds is 4. The lowest BCUT2D eigenvalue weighted by atomic mass is 9.92. The first-order chi connectivity index (χ1) is 10.2. The Hall–Kier alpha value is -1.34. The van der Waals surface area contributed by atoms with Crippen LogP contribution in [0.3, 0.4) is 0 Å². The van der Waals surface area contributed by atoms with Gasteiger partial charge in [0.25, 0.3) is 0 Å². The highest BCUT2D eigenvalue weighted by Crippen LogP contribution is 2.38. The van der Waals surface area contributed by atoms with Crippen molar-refractivity contribution in [3.8, 4) is 11.1 Å². The van der Waals surface area contributed by atoms with E-state index in [9.17, 15) is 0 Å². The Bertz CT molecular complexity index is 695. The van der Waals surface area contributed by atoms with Crippen molar-refractivity contribution < 1.29 is 0 Å². The first-order valence-electron chi connectivity index (χ1n) is 7.77. The van der Waals surface area contributed by atoms with Gasteiger partial charge in [0, 0.05) is 4.47 Å². The summed E-state index contributed by atoms with van der Waals surface area (Å²) >= 11 is 3.69. The quantitative estimate of drug-likeness (QED) is 0.602. The fourth-order valence-electron chi connectivity index (χ4n) is 3.18. The van der Waals surface area contributed by atoms with Crippen LogP contribution in [-0.4, -0.2) is 0 Å². The van der Waals surface area contributed by atoms with Crippen LogP contribution in [0.4, 0.5) is 0 Å². The van der Waals surface area contributed by atoms with E-state index in [0.29, 0.717) is 0 Å². The number of unbranched alkanes of at least 4 members (excludes halogenated alkanes) is 1. The maximum atomic E-state index is 3.69. The van der Waals surface area contributed by atoms with Gasteiger partial charge in [0.1, 0.15) is 0 Å². The monoisotopic (exact) mass is 340 g/mol. The number of fused-ring (bicyclic) bond motifs is 1. The molecule has 1 aliphatic carbocycles. The highest BCUT2D eigenvalue weighted by molar-refractivity contribution is 9.10. The van der Waals surface area contributed by atoms with Crippen molar-refractivity contribution in [3.05, 3.63) is 63.1 Å². The van der Waals surface area contributed by atoms with Crippen molar-refractivity contribution >= 4 is 22.0 Å². The zero-order chi connectivity index (χ0) is 14.8. The molecule has 108 valence electrons. The number of hydrogen-bond donors (Lipinski definition) is 0. The number of allylic oxidation sites excluding steroid dienone is 1. The minimum Gasteiger partial charge on any atom is -0.0683 e. The molecule has 0 spiro atoms. The average molecular weight is 341 g/mol. The first-order valence-corrected chi connectivity index (χ1v) is 8.56. The van der Waals surface area contributed by atoms with E-state index in [1.165, 1.54) is 50.7 Å². The lowest BCUT2D eigenvalue weighted by Crippen LogP contribution is -1.94. The smallest absolute Gasteiger partial charge is 0.0184 e. The molecule has 0 radical (unpaired) electrons. The van der Waals surface area contributed by atoms with Crippen LogP contribution in [0.5, 0.6) is 0 Å². The third-order valence-electron chi connectivity index (χ3n) is 4.20. The zero-order valence-corrected chi connectivity index (χ0v) is 14.3. The molecule has 2 aromatic carbocycles. The molecule has 0 heterocycles. The van der Waals surface area contributed by atoms with E-state index in [1.54, 1.807) is 0 Å². The fraction of sp³-hybridized carbons (Fsp3) is 0.300. The van der Waals surface area contributed by atoms with Gasteiger partial charge in [-0.15, -0.1) is 0 Å². The number of halogens is 1. The van der Waals surface area contributed by atoms with Crippen LogP contribution < -0.4 is 0 Å². The van der Waals surface area contributed by atoms with Gasteiger partial charge in [-0.1, -0.05) is 65.2 Å². The second kappa shape index (κ2) is 6.19. The van der Waals surface area contributed by atoms with Crippen LogP contribution in [0.1, 0.15) is 43.4 Å². The van der Waals surface area contributed by atoms with Gasteiger partial charge in [-0.3, -0.25) is 0 Å². The van der Waals surface area contributed by atoms with E-state index in [2.05, 4.69) is 72.3 Å². The second-order valence-electron chi connectivity index (χ2n) is 5.95. The van der Waals surface area contributed by atoms with Crippen molar-refractivity contribution in [2.75, 3.05) is 0 Å². The molecule has 0 aromatic heterocycles. The van der Waals surface area contributed by atoms with Gasteiger partial charge in [-0.25, -0.2) is 0 Å². The van der Waals surface area contributed by atoms with E-state index >= 15 is 0 Å². The Labute approximate surface area is 136 Å². The summed E-state index contributed by atoms with van der Waals surface area (Å²) in [7, 11) is 0. The molecular formula is C20H21Br. The third-order valence-corrected chi connectivity index (χ3v) is 4.66. The summed E-state index contributed by atoms with van der Waals surface area (Å²) in [4.78, 5) is 0. The molecular weight excluding hydrogens is 320 g/mol. The minimum absolute atomic E-state index is 1.08. The van der Waals surface area contributed by atoms with Crippen LogP contribution in [0.2, 0.25) is 0 Å². The third kappa shape index (κ3) is 2.98. The van der Waals surface area contributed by atoms with E-state index in [4.69, 9.17) is 0 Å². The van der Waals surface area contributed by atoms with Gasteiger partial charge < -0.3 is 0 Å². The van der Waals surface area contributed by atoms with Crippen LogP contribution >= 0.6 is 15.9 Å². The van der Waals surface area contributed by atoms with Gasteiger partial charge in [0.2, 0.25) is 0 Å². The zero-order valence-electron chi connectivity index (χ0n) is 12.7. The summed E-state index contributed by atoms with van der Waals surface area (Å²) in [5.74, 6) is 0. The first kappa shape index (κ1) is 14.6. The Morgan fingerprint density at radius 3 is 2.71 bits per heavy atom. The molecule has 0 bridgehead atoms. The molecule has 0 saturated carbocycles. The molecule has 0 aliphatic heterocycles. The molecule has 0 atom stereocenters. The summed E-state index contributed by atoms with van der Waals surface area (Å²) in [5.41, 5.74) is 8.56. The largest absolute Gasteiger partial charge is 0.0683 e. The summed E-state index contributed by atoms with van der Waals surface area (Å²) in [5, 5.41) is 0. The van der Waals surface area contributed by atoms with Crippen molar-refractivity contribution in [1.29, 1.82) is 0 Å². The number of benzene rings is 2. The van der Waals surface area contributed by atoms with Crippen molar-refractivity contribution in [2.45, 2.75) is 39.5 Å². The van der Waals surface area contributed by atoms with E-state index < -0.39 is 0 Å². The van der Waals surface area contributed by atoms with Crippen molar-refractivity contribution in [3.63, 3.8) is 0 Å². The predicted molar refractivity (Wildman–Crippen MR) is 95.5 cm³/mol. The predicted octanol–water partition coefficient (Wildman–Crippen LogP) is 6.42. The van der Waals surface area contributed by atoms with E-state index in [-0.39, 0.29) is 0 Å². The average Bonchev–Trinajstić information content (AvgIpc) is 2.84. The minimum atomic E-state index is 1.08. The maximum absolute atomic E-state index is 3.69. The standard InChI is InChI=1S/C20H21Br/c1-3-4-7-15-8-5-6-9-18(15)20-13-17(21)12-16-10-14(2)11-19(16)20/h5-6,8-9,11-13H,3-4,7,10H2,1-2H3. The van der Waals surface area contributed by atoms with Crippen LogP contribution in [0, 0.1) is 0 Å². The van der Waals surface area contributed by atoms with Crippen LogP contribution in [0.25, 0.3) is 17.2 Å². The molecule has 0 amide bonds.